The van der Waals surface area contributed by atoms with Crippen LogP contribution in [0.1, 0.15) is 41.0 Å². The number of carbonyl (C=O) groups excluding carboxylic acids is 1. The zero-order valence-corrected chi connectivity index (χ0v) is 16.4. The third-order valence-electron chi connectivity index (χ3n) is 4.28. The van der Waals surface area contributed by atoms with Crippen LogP contribution in [0.2, 0.25) is 5.02 Å². The third kappa shape index (κ3) is 4.97. The normalized spacial score (nSPS) is 23.5. The summed E-state index contributed by atoms with van der Waals surface area (Å²) in [6.07, 6.45) is 1.66. The molecule has 1 N–H and O–H groups in total. The van der Waals surface area contributed by atoms with E-state index in [-0.39, 0.29) is 40.6 Å². The van der Waals surface area contributed by atoms with Crippen LogP contribution >= 0.6 is 11.6 Å². The van der Waals surface area contributed by atoms with Crippen LogP contribution in [0.4, 0.5) is 16.3 Å². The highest BCUT2D eigenvalue weighted by Gasteiger charge is 2.36. The van der Waals surface area contributed by atoms with E-state index in [9.17, 15) is 14.9 Å². The number of hydrogen-bond donors (Lipinski definition) is 1. The Kier molecular flexibility index (Phi) is 5.95. The number of likely N-dealkylation sites (tertiary alicyclic amines) is 1. The first-order valence-corrected chi connectivity index (χ1v) is 8.92. The van der Waals surface area contributed by atoms with E-state index in [4.69, 9.17) is 16.3 Å². The third-order valence-corrected chi connectivity index (χ3v) is 4.49. The number of carbonyl (C=O) groups is 1. The first-order chi connectivity index (χ1) is 12.0. The molecule has 1 aromatic heterocycles. The van der Waals surface area contributed by atoms with Crippen molar-refractivity contribution in [2.75, 3.05) is 11.9 Å². The van der Waals surface area contributed by atoms with Gasteiger partial charge in [0.2, 0.25) is 5.82 Å². The molecule has 0 aromatic carbocycles. The van der Waals surface area contributed by atoms with Gasteiger partial charge >= 0.3 is 11.8 Å². The van der Waals surface area contributed by atoms with E-state index in [0.29, 0.717) is 13.0 Å². The molecule has 3 atom stereocenters. The lowest BCUT2D eigenvalue weighted by Crippen LogP contribution is -2.53. The maximum Gasteiger partial charge on any atom is 0.410 e. The minimum atomic E-state index is -0.553. The highest BCUT2D eigenvalue weighted by atomic mass is 35.5. The largest absolute Gasteiger partial charge is 0.444 e. The van der Waals surface area contributed by atoms with Crippen molar-refractivity contribution in [3.63, 3.8) is 0 Å². The summed E-state index contributed by atoms with van der Waals surface area (Å²) in [6, 6.07) is 1.15. The van der Waals surface area contributed by atoms with Gasteiger partial charge in [0.05, 0.1) is 9.95 Å². The first kappa shape index (κ1) is 20.2. The summed E-state index contributed by atoms with van der Waals surface area (Å²) < 4.78 is 5.46. The fraction of sp³-hybridized carbons (Fsp3) is 0.647. The van der Waals surface area contributed by atoms with Crippen molar-refractivity contribution in [2.45, 2.75) is 58.7 Å². The molecule has 0 saturated carbocycles. The molecule has 1 aliphatic rings. The van der Waals surface area contributed by atoms with Gasteiger partial charge in [-0.25, -0.2) is 9.78 Å². The van der Waals surface area contributed by atoms with Gasteiger partial charge in [-0.1, -0.05) is 18.5 Å². The van der Waals surface area contributed by atoms with Gasteiger partial charge in [-0.15, -0.1) is 0 Å². The van der Waals surface area contributed by atoms with E-state index in [1.54, 1.807) is 4.90 Å². The van der Waals surface area contributed by atoms with Gasteiger partial charge in [0.1, 0.15) is 5.60 Å². The van der Waals surface area contributed by atoms with E-state index in [0.717, 1.165) is 0 Å². The molecule has 1 aliphatic heterocycles. The minimum Gasteiger partial charge on any atom is -0.444 e. The predicted molar refractivity (Wildman–Crippen MR) is 99.5 cm³/mol. The lowest BCUT2D eigenvalue weighted by Gasteiger charge is -2.42. The molecule has 26 heavy (non-hydrogen) atoms. The monoisotopic (exact) mass is 384 g/mol. The number of piperidine rings is 1. The summed E-state index contributed by atoms with van der Waals surface area (Å²) in [7, 11) is 0. The lowest BCUT2D eigenvalue weighted by molar-refractivity contribution is -0.384. The molecule has 9 heteroatoms. The smallest absolute Gasteiger partial charge is 0.410 e. The number of nitro groups is 1. The fourth-order valence-corrected chi connectivity index (χ4v) is 3.13. The number of nitrogens with one attached hydrogen (secondary N) is 1. The molecule has 1 saturated heterocycles. The number of rotatable bonds is 3. The zero-order chi connectivity index (χ0) is 19.6. The van der Waals surface area contributed by atoms with Crippen molar-refractivity contribution in [3.8, 4) is 0 Å². The molecule has 2 heterocycles. The Balaban J connectivity index is 2.11. The Morgan fingerprint density at radius 1 is 1.46 bits per heavy atom. The van der Waals surface area contributed by atoms with Crippen molar-refractivity contribution in [1.29, 1.82) is 0 Å². The Morgan fingerprint density at radius 2 is 2.12 bits per heavy atom. The topological polar surface area (TPSA) is 97.6 Å². The minimum absolute atomic E-state index is 0.0592. The summed E-state index contributed by atoms with van der Waals surface area (Å²) in [4.78, 5) is 28.9. The van der Waals surface area contributed by atoms with Gasteiger partial charge in [0, 0.05) is 30.9 Å². The number of anilines is 1. The number of pyridine rings is 1. The molecule has 144 valence electrons. The molecular formula is C17H25ClN4O4. The number of ether oxygens (including phenoxy) is 1. The lowest BCUT2D eigenvalue weighted by atomic mass is 9.89. The maximum atomic E-state index is 12.4. The molecule has 0 aliphatic carbocycles. The van der Waals surface area contributed by atoms with E-state index >= 15 is 0 Å². The fourth-order valence-electron chi connectivity index (χ4n) is 2.98. The van der Waals surface area contributed by atoms with Gasteiger partial charge in [-0.3, -0.25) is 10.1 Å². The van der Waals surface area contributed by atoms with Crippen LogP contribution in [-0.2, 0) is 4.74 Å². The van der Waals surface area contributed by atoms with Crippen LogP contribution in [0, 0.1) is 16.0 Å². The summed E-state index contributed by atoms with van der Waals surface area (Å²) in [5, 5.41) is 14.6. The first-order valence-electron chi connectivity index (χ1n) is 8.54. The molecule has 2 rings (SSSR count). The van der Waals surface area contributed by atoms with E-state index < -0.39 is 10.5 Å². The molecule has 0 bridgehead atoms. The van der Waals surface area contributed by atoms with Gasteiger partial charge in [-0.05, 0) is 40.0 Å². The van der Waals surface area contributed by atoms with Gasteiger partial charge < -0.3 is 15.0 Å². The average Bonchev–Trinajstić information content (AvgIpc) is 2.50. The molecule has 1 fully saturated rings. The van der Waals surface area contributed by atoms with E-state index in [1.165, 1.54) is 12.3 Å². The highest BCUT2D eigenvalue weighted by molar-refractivity contribution is 6.30. The van der Waals surface area contributed by atoms with Crippen molar-refractivity contribution in [2.24, 2.45) is 5.92 Å². The molecule has 1 aromatic rings. The number of amides is 1. The summed E-state index contributed by atoms with van der Waals surface area (Å²) in [5.74, 6) is 0.255. The Bertz CT molecular complexity index is 692. The van der Waals surface area contributed by atoms with Crippen LogP contribution in [-0.4, -0.2) is 45.1 Å². The molecule has 0 spiro atoms. The second kappa shape index (κ2) is 7.65. The standard InChI is InChI=1S/C17H25ClN4O4/c1-10-9-21(16(23)26-17(3,4)5)11(2)6-13(10)20-15-14(22(24)25)7-12(18)8-19-15/h7-8,10-11,13H,6,9H2,1-5H3,(H,19,20)/t10-,11+,13?/m0/s1. The molecular weight excluding hydrogens is 360 g/mol. The van der Waals surface area contributed by atoms with Crippen molar-refractivity contribution in [1.82, 2.24) is 9.88 Å². The Hall–Kier alpha value is -2.09. The van der Waals surface area contributed by atoms with Crippen molar-refractivity contribution >= 4 is 29.2 Å². The Morgan fingerprint density at radius 3 is 2.69 bits per heavy atom. The molecule has 1 unspecified atom stereocenters. The second-order valence-corrected chi connectivity index (χ2v) is 8.16. The number of hydrogen-bond acceptors (Lipinski definition) is 6. The van der Waals surface area contributed by atoms with Gasteiger partial charge in [0.25, 0.3) is 0 Å². The average molecular weight is 385 g/mol. The molecule has 8 nitrogen and oxygen atoms in total. The number of halogens is 1. The van der Waals surface area contributed by atoms with E-state index in [1.807, 2.05) is 34.6 Å². The predicted octanol–water partition coefficient (Wildman–Crippen LogP) is 4.09. The quantitative estimate of drug-likeness (QED) is 0.622. The van der Waals surface area contributed by atoms with Gasteiger partial charge in [-0.2, -0.15) is 0 Å². The second-order valence-electron chi connectivity index (χ2n) is 7.72. The van der Waals surface area contributed by atoms with Crippen molar-refractivity contribution in [3.05, 3.63) is 27.4 Å². The van der Waals surface area contributed by atoms with Crippen LogP contribution in [0.5, 0.6) is 0 Å². The number of nitrogens with zero attached hydrogens (tertiary/aromatic N) is 3. The summed E-state index contributed by atoms with van der Waals surface area (Å²) in [6.45, 7) is 9.92. The number of aromatic nitrogens is 1. The summed E-state index contributed by atoms with van der Waals surface area (Å²) >= 11 is 5.81. The molecule has 0 radical (unpaired) electrons. The van der Waals surface area contributed by atoms with Crippen LogP contribution in [0.25, 0.3) is 0 Å². The zero-order valence-electron chi connectivity index (χ0n) is 15.7. The van der Waals surface area contributed by atoms with Crippen LogP contribution < -0.4 is 5.32 Å². The summed E-state index contributed by atoms with van der Waals surface area (Å²) in [5.41, 5.74) is -0.713. The van der Waals surface area contributed by atoms with Crippen LogP contribution in [0.15, 0.2) is 12.3 Å². The van der Waals surface area contributed by atoms with E-state index in [2.05, 4.69) is 10.3 Å². The van der Waals surface area contributed by atoms with Crippen LogP contribution in [0.3, 0.4) is 0 Å². The molecule has 1 amide bonds. The maximum absolute atomic E-state index is 12.4. The van der Waals surface area contributed by atoms with Gasteiger partial charge in [0.15, 0.2) is 0 Å². The van der Waals surface area contributed by atoms with Crippen molar-refractivity contribution < 1.29 is 14.5 Å². The SMILES string of the molecule is C[C@@H]1CC(Nc2ncc(Cl)cc2[N+](=O)[O-])[C@@H](C)CN1C(=O)OC(C)(C)C. The Labute approximate surface area is 158 Å². The highest BCUT2D eigenvalue weighted by Crippen LogP contribution is 2.30.